The van der Waals surface area contributed by atoms with E-state index in [-0.39, 0.29) is 30.9 Å². The second-order valence-electron chi connectivity index (χ2n) is 8.86. The molecule has 3 rings (SSSR count). The molecule has 2 amide bonds. The Labute approximate surface area is 234 Å². The smallest absolute Gasteiger partial charge is 0.261 e. The second-order valence-corrected chi connectivity index (χ2v) is 11.1. The normalized spacial score (nSPS) is 11.7. The number of halogens is 3. The van der Waals surface area contributed by atoms with Crippen molar-refractivity contribution in [3.63, 3.8) is 0 Å². The minimum absolute atomic E-state index is 0.189. The zero-order valence-corrected chi connectivity index (χ0v) is 24.1. The maximum absolute atomic E-state index is 13.6. The van der Waals surface area contributed by atoms with E-state index in [2.05, 4.69) is 37.2 Å². The molecule has 0 bridgehead atoms. The highest BCUT2D eigenvalue weighted by Gasteiger charge is 2.30. The molecule has 0 unspecified atom stereocenters. The molecule has 190 valence electrons. The van der Waals surface area contributed by atoms with E-state index in [9.17, 15) is 9.59 Å². The van der Waals surface area contributed by atoms with Crippen LogP contribution in [0.15, 0.2) is 81.7 Å². The number of rotatable bonds is 11. The van der Waals surface area contributed by atoms with Crippen molar-refractivity contribution in [2.45, 2.75) is 32.9 Å². The van der Waals surface area contributed by atoms with E-state index in [0.717, 1.165) is 15.6 Å². The van der Waals surface area contributed by atoms with Gasteiger partial charge in [-0.25, -0.2) is 0 Å². The van der Waals surface area contributed by atoms with Crippen molar-refractivity contribution in [1.82, 2.24) is 10.2 Å². The molecule has 0 aliphatic rings. The summed E-state index contributed by atoms with van der Waals surface area (Å²) in [4.78, 5) is 28.7. The summed E-state index contributed by atoms with van der Waals surface area (Å²) in [6, 6.07) is 21.8. The lowest BCUT2D eigenvalue weighted by atomic mass is 10.0. The number of amides is 2. The van der Waals surface area contributed by atoms with Crippen LogP contribution in [0.3, 0.4) is 0 Å². The van der Waals surface area contributed by atoms with Gasteiger partial charge in [0, 0.05) is 29.0 Å². The Morgan fingerprint density at radius 1 is 0.972 bits per heavy atom. The average molecular weight is 637 g/mol. The van der Waals surface area contributed by atoms with Gasteiger partial charge in [0.2, 0.25) is 5.91 Å². The van der Waals surface area contributed by atoms with E-state index >= 15 is 0 Å². The number of hydrogen-bond acceptors (Lipinski definition) is 3. The summed E-state index contributed by atoms with van der Waals surface area (Å²) in [5.41, 5.74) is 1.88. The van der Waals surface area contributed by atoms with Gasteiger partial charge in [0.05, 0.1) is 4.47 Å². The standard InChI is InChI=1S/C28H29Br2ClN2O3/c1-19(2)16-32-28(35)25(14-20-6-4-3-5-7-20)33(17-21-8-10-22(29)11-9-21)27(34)18-36-26-13-12-23(31)15-24(26)30/h3-13,15,19,25H,14,16-18H2,1-2H3,(H,32,35)/t25-/m1/s1. The largest absolute Gasteiger partial charge is 0.483 e. The monoisotopic (exact) mass is 634 g/mol. The molecule has 0 heterocycles. The number of hydrogen-bond donors (Lipinski definition) is 1. The molecule has 0 fully saturated rings. The van der Waals surface area contributed by atoms with Crippen LogP contribution in [0.2, 0.25) is 5.02 Å². The van der Waals surface area contributed by atoms with Crippen LogP contribution in [0.5, 0.6) is 5.75 Å². The van der Waals surface area contributed by atoms with E-state index in [1.54, 1.807) is 23.1 Å². The van der Waals surface area contributed by atoms with E-state index in [4.69, 9.17) is 16.3 Å². The van der Waals surface area contributed by atoms with Crippen LogP contribution in [-0.4, -0.2) is 35.9 Å². The highest BCUT2D eigenvalue weighted by Crippen LogP contribution is 2.28. The number of ether oxygens (including phenoxy) is 1. The third-order valence-corrected chi connectivity index (χ3v) is 6.85. The van der Waals surface area contributed by atoms with Crippen LogP contribution < -0.4 is 10.1 Å². The summed E-state index contributed by atoms with van der Waals surface area (Å²) in [6.07, 6.45) is 0.387. The number of nitrogens with one attached hydrogen (secondary N) is 1. The lowest BCUT2D eigenvalue weighted by Gasteiger charge is -2.31. The van der Waals surface area contributed by atoms with Crippen molar-refractivity contribution in [3.8, 4) is 5.75 Å². The molecule has 0 aliphatic heterocycles. The van der Waals surface area contributed by atoms with Gasteiger partial charge in [-0.05, 0) is 63.3 Å². The lowest BCUT2D eigenvalue weighted by Crippen LogP contribution is -2.52. The molecule has 1 N–H and O–H groups in total. The third kappa shape index (κ3) is 8.64. The van der Waals surface area contributed by atoms with Gasteiger partial charge in [-0.2, -0.15) is 0 Å². The molecule has 0 spiro atoms. The van der Waals surface area contributed by atoms with Crippen LogP contribution in [0.4, 0.5) is 0 Å². The van der Waals surface area contributed by atoms with Gasteiger partial charge in [-0.3, -0.25) is 9.59 Å². The molecule has 1 atom stereocenters. The van der Waals surface area contributed by atoms with Crippen molar-refractivity contribution in [2.24, 2.45) is 5.92 Å². The maximum atomic E-state index is 13.6. The average Bonchev–Trinajstić information content (AvgIpc) is 2.85. The Hall–Kier alpha value is -2.35. The first kappa shape index (κ1) is 28.2. The molecule has 3 aromatic carbocycles. The second kappa shape index (κ2) is 13.8. The van der Waals surface area contributed by atoms with Gasteiger partial charge in [0.15, 0.2) is 6.61 Å². The van der Waals surface area contributed by atoms with Crippen LogP contribution >= 0.6 is 43.5 Å². The molecule has 5 nitrogen and oxygen atoms in total. The van der Waals surface area contributed by atoms with Gasteiger partial charge in [0.1, 0.15) is 11.8 Å². The highest BCUT2D eigenvalue weighted by atomic mass is 79.9. The zero-order valence-electron chi connectivity index (χ0n) is 20.2. The van der Waals surface area contributed by atoms with Crippen LogP contribution in [-0.2, 0) is 22.6 Å². The molecule has 3 aromatic rings. The van der Waals surface area contributed by atoms with E-state index in [0.29, 0.717) is 28.2 Å². The lowest BCUT2D eigenvalue weighted by molar-refractivity contribution is -0.142. The number of benzene rings is 3. The Kier molecular flexibility index (Phi) is 10.8. The molecular formula is C28H29Br2ClN2O3. The SMILES string of the molecule is CC(C)CNC(=O)[C@@H](Cc1ccccc1)N(Cc1ccc(Br)cc1)C(=O)COc1ccc(Cl)cc1Br. The summed E-state index contributed by atoms with van der Waals surface area (Å²) >= 11 is 12.9. The fourth-order valence-corrected chi connectivity index (χ4v) is 4.64. The first-order chi connectivity index (χ1) is 17.2. The first-order valence-electron chi connectivity index (χ1n) is 11.7. The van der Waals surface area contributed by atoms with E-state index < -0.39 is 6.04 Å². The van der Waals surface area contributed by atoms with Crippen molar-refractivity contribution >= 4 is 55.3 Å². The molecule has 0 saturated heterocycles. The van der Waals surface area contributed by atoms with Crippen molar-refractivity contribution in [2.75, 3.05) is 13.2 Å². The van der Waals surface area contributed by atoms with Crippen LogP contribution in [0, 0.1) is 5.92 Å². The zero-order chi connectivity index (χ0) is 26.1. The van der Waals surface area contributed by atoms with Crippen molar-refractivity contribution in [3.05, 3.63) is 97.9 Å². The number of carbonyl (C=O) groups excluding carboxylic acids is 2. The molecule has 0 aromatic heterocycles. The van der Waals surface area contributed by atoms with E-state index in [1.165, 1.54) is 0 Å². The van der Waals surface area contributed by atoms with Crippen molar-refractivity contribution in [1.29, 1.82) is 0 Å². The molecular weight excluding hydrogens is 608 g/mol. The van der Waals surface area contributed by atoms with Gasteiger partial charge in [0.25, 0.3) is 5.91 Å². The third-order valence-electron chi connectivity index (χ3n) is 5.47. The summed E-state index contributed by atoms with van der Waals surface area (Å²) in [7, 11) is 0. The Morgan fingerprint density at radius 3 is 2.31 bits per heavy atom. The van der Waals surface area contributed by atoms with Crippen LogP contribution in [0.1, 0.15) is 25.0 Å². The summed E-state index contributed by atoms with van der Waals surface area (Å²) < 4.78 is 7.42. The predicted octanol–water partition coefficient (Wildman–Crippen LogP) is 6.66. The minimum Gasteiger partial charge on any atom is -0.483 e. The molecule has 0 radical (unpaired) electrons. The number of nitrogens with zero attached hydrogens (tertiary/aromatic N) is 1. The minimum atomic E-state index is -0.709. The van der Waals surface area contributed by atoms with Gasteiger partial charge >= 0.3 is 0 Å². The van der Waals surface area contributed by atoms with Gasteiger partial charge in [-0.1, -0.05) is 83.8 Å². The summed E-state index contributed by atoms with van der Waals surface area (Å²) in [5.74, 6) is 0.304. The molecule has 0 saturated carbocycles. The number of carbonyl (C=O) groups is 2. The maximum Gasteiger partial charge on any atom is 0.261 e. The van der Waals surface area contributed by atoms with Gasteiger partial charge < -0.3 is 15.0 Å². The Morgan fingerprint density at radius 2 is 1.67 bits per heavy atom. The summed E-state index contributed by atoms with van der Waals surface area (Å²) in [6.45, 7) is 4.64. The summed E-state index contributed by atoms with van der Waals surface area (Å²) in [5, 5.41) is 3.58. The quantitative estimate of drug-likeness (QED) is 0.256. The van der Waals surface area contributed by atoms with Crippen molar-refractivity contribution < 1.29 is 14.3 Å². The molecule has 8 heteroatoms. The van der Waals surface area contributed by atoms with E-state index in [1.807, 2.05) is 68.4 Å². The van der Waals surface area contributed by atoms with Gasteiger partial charge in [-0.15, -0.1) is 0 Å². The molecule has 0 aliphatic carbocycles. The first-order valence-corrected chi connectivity index (χ1v) is 13.6. The fourth-order valence-electron chi connectivity index (χ4n) is 3.58. The Balaban J connectivity index is 1.90. The van der Waals surface area contributed by atoms with Crippen LogP contribution in [0.25, 0.3) is 0 Å². The molecule has 36 heavy (non-hydrogen) atoms. The topological polar surface area (TPSA) is 58.6 Å². The highest BCUT2D eigenvalue weighted by molar-refractivity contribution is 9.10. The predicted molar refractivity (Wildman–Crippen MR) is 151 cm³/mol. The fraction of sp³-hybridized carbons (Fsp3) is 0.286. The Bertz CT molecular complexity index is 1160.